The summed E-state index contributed by atoms with van der Waals surface area (Å²) in [7, 11) is -1.13. The fourth-order valence-electron chi connectivity index (χ4n) is 2.89. The number of hydrogen-bond acceptors (Lipinski definition) is 5. The van der Waals surface area contributed by atoms with E-state index in [1.165, 1.54) is 18.2 Å². The molecule has 4 rings (SSSR count). The van der Waals surface area contributed by atoms with Crippen molar-refractivity contribution in [3.8, 4) is 11.1 Å². The molecule has 1 aliphatic carbocycles. The molecule has 1 aliphatic rings. The van der Waals surface area contributed by atoms with Crippen LogP contribution in [0, 0.1) is 0 Å². The molecule has 29 heavy (non-hydrogen) atoms. The topological polar surface area (TPSA) is 96.7 Å². The molecular formula is C18H15ClF3N5OS. The number of rotatable bonds is 5. The first kappa shape index (κ1) is 19.7. The predicted octanol–water partition coefficient (Wildman–Crippen LogP) is 4.74. The van der Waals surface area contributed by atoms with Crippen LogP contribution in [0.4, 0.5) is 30.8 Å². The van der Waals surface area contributed by atoms with Crippen LogP contribution in [0.5, 0.6) is 0 Å². The summed E-state index contributed by atoms with van der Waals surface area (Å²) in [6, 6.07) is 8.48. The van der Waals surface area contributed by atoms with Crippen molar-refractivity contribution in [1.29, 1.82) is 0 Å². The second kappa shape index (κ2) is 7.34. The van der Waals surface area contributed by atoms with Crippen molar-refractivity contribution >= 4 is 40.0 Å². The van der Waals surface area contributed by atoms with Gasteiger partial charge in [0.1, 0.15) is 0 Å². The minimum Gasteiger partial charge on any atom is -0.368 e. The Morgan fingerprint density at radius 1 is 1.21 bits per heavy atom. The average Bonchev–Trinajstić information content (AvgIpc) is 3.43. The van der Waals surface area contributed by atoms with Crippen LogP contribution in [0.2, 0.25) is 5.02 Å². The molecule has 1 heterocycles. The lowest BCUT2D eigenvalue weighted by Gasteiger charge is -2.17. The number of nitrogen functional groups attached to an aromatic ring is 1. The van der Waals surface area contributed by atoms with E-state index in [-0.39, 0.29) is 39.0 Å². The molecule has 4 N–H and O–H groups in total. The van der Waals surface area contributed by atoms with Crippen LogP contribution in [-0.2, 0) is 17.0 Å². The van der Waals surface area contributed by atoms with E-state index in [9.17, 15) is 17.4 Å². The minimum absolute atomic E-state index is 0.0198. The fraction of sp³-hybridized carbons (Fsp3) is 0.222. The number of anilines is 3. The number of nitrogens with zero attached hydrogens (tertiary/aromatic N) is 2. The highest BCUT2D eigenvalue weighted by atomic mass is 35.5. The zero-order valence-electron chi connectivity index (χ0n) is 14.8. The van der Waals surface area contributed by atoms with Crippen LogP contribution >= 0.6 is 11.6 Å². The molecule has 0 amide bonds. The summed E-state index contributed by atoms with van der Waals surface area (Å²) in [4.78, 5) is 4.40. The summed E-state index contributed by atoms with van der Waals surface area (Å²) in [6.07, 6.45) is -2.84. The molecule has 1 fully saturated rings. The van der Waals surface area contributed by atoms with Crippen molar-refractivity contribution in [2.75, 3.05) is 11.1 Å². The maximum absolute atomic E-state index is 13.8. The molecule has 0 saturated heterocycles. The van der Waals surface area contributed by atoms with Crippen LogP contribution < -0.4 is 11.1 Å². The molecule has 1 atom stereocenters. The first-order chi connectivity index (χ1) is 13.7. The summed E-state index contributed by atoms with van der Waals surface area (Å²) in [6.45, 7) is 0. The lowest BCUT2D eigenvalue weighted by molar-refractivity contribution is -0.137. The summed E-state index contributed by atoms with van der Waals surface area (Å²) < 4.78 is 53.5. The maximum Gasteiger partial charge on any atom is 0.417 e. The third-order valence-electron chi connectivity index (χ3n) is 4.36. The van der Waals surface area contributed by atoms with E-state index < -0.39 is 22.5 Å². The molecule has 0 radical (unpaired) electrons. The highest BCUT2D eigenvalue weighted by Crippen LogP contribution is 2.43. The van der Waals surface area contributed by atoms with Crippen molar-refractivity contribution in [2.45, 2.75) is 29.2 Å². The Morgan fingerprint density at radius 2 is 1.90 bits per heavy atom. The van der Waals surface area contributed by atoms with Crippen molar-refractivity contribution in [3.63, 3.8) is 0 Å². The number of aromatic nitrogens is 3. The number of alkyl halides is 3. The van der Waals surface area contributed by atoms with E-state index in [0.29, 0.717) is 4.90 Å². The summed E-state index contributed by atoms with van der Waals surface area (Å²) >= 11 is 6.24. The van der Waals surface area contributed by atoms with Crippen molar-refractivity contribution < 1.29 is 17.4 Å². The standard InChI is InChI=1S/C18H15ClF3N5OS/c19-14-8-10(24-17-25-16(23)26-27-17)7-13(18(20,21)22)15(14)9-1-3-11(4-2-9)29(28)12-5-6-12/h1-4,7-8,12H,5-6H2,(H4,23,24,25,26,27). The molecule has 0 bridgehead atoms. The van der Waals surface area contributed by atoms with E-state index in [0.717, 1.165) is 18.9 Å². The summed E-state index contributed by atoms with van der Waals surface area (Å²) in [5, 5.41) is 8.81. The van der Waals surface area contributed by atoms with Crippen LogP contribution in [0.3, 0.4) is 0 Å². The molecule has 2 aromatic carbocycles. The molecule has 3 aromatic rings. The Kier molecular flexibility index (Phi) is 4.99. The van der Waals surface area contributed by atoms with Gasteiger partial charge in [-0.2, -0.15) is 18.2 Å². The van der Waals surface area contributed by atoms with Gasteiger partial charge in [-0.1, -0.05) is 23.7 Å². The van der Waals surface area contributed by atoms with Crippen LogP contribution in [0.1, 0.15) is 18.4 Å². The van der Waals surface area contributed by atoms with E-state index in [2.05, 4.69) is 20.5 Å². The third kappa shape index (κ3) is 4.23. The number of nitrogens with two attached hydrogens (primary N) is 1. The maximum atomic E-state index is 13.8. The number of nitrogens with one attached hydrogen (secondary N) is 2. The third-order valence-corrected chi connectivity index (χ3v) is 6.47. The van der Waals surface area contributed by atoms with Gasteiger partial charge in [-0.05, 0) is 42.7 Å². The van der Waals surface area contributed by atoms with E-state index in [1.807, 2.05) is 0 Å². The molecule has 0 aliphatic heterocycles. The Bertz CT molecular complexity index is 1080. The Hall–Kier alpha value is -2.59. The Balaban J connectivity index is 1.72. The van der Waals surface area contributed by atoms with Crippen LogP contribution in [-0.4, -0.2) is 24.6 Å². The van der Waals surface area contributed by atoms with Gasteiger partial charge in [0.25, 0.3) is 0 Å². The number of H-pyrrole nitrogens is 1. The molecular weight excluding hydrogens is 427 g/mol. The van der Waals surface area contributed by atoms with Gasteiger partial charge in [-0.15, -0.1) is 5.10 Å². The molecule has 152 valence electrons. The van der Waals surface area contributed by atoms with Gasteiger partial charge >= 0.3 is 6.18 Å². The molecule has 11 heteroatoms. The van der Waals surface area contributed by atoms with Gasteiger partial charge in [0, 0.05) is 21.4 Å². The zero-order chi connectivity index (χ0) is 20.8. The Labute approximate surface area is 171 Å². The highest BCUT2D eigenvalue weighted by molar-refractivity contribution is 7.86. The van der Waals surface area contributed by atoms with Crippen molar-refractivity contribution in [3.05, 3.63) is 47.0 Å². The van der Waals surface area contributed by atoms with Gasteiger partial charge in [-0.3, -0.25) is 4.21 Å². The van der Waals surface area contributed by atoms with Gasteiger partial charge in [0.2, 0.25) is 11.9 Å². The molecule has 1 aromatic heterocycles. The fourth-order valence-corrected chi connectivity index (χ4v) is 4.57. The molecule has 6 nitrogen and oxygen atoms in total. The summed E-state index contributed by atoms with van der Waals surface area (Å²) in [5.74, 6) is 0.0429. The van der Waals surface area contributed by atoms with Gasteiger partial charge in [0.05, 0.1) is 21.4 Å². The van der Waals surface area contributed by atoms with Crippen LogP contribution in [0.15, 0.2) is 41.3 Å². The van der Waals surface area contributed by atoms with Gasteiger partial charge < -0.3 is 11.1 Å². The lowest BCUT2D eigenvalue weighted by Crippen LogP contribution is -2.09. The first-order valence-electron chi connectivity index (χ1n) is 8.59. The summed E-state index contributed by atoms with van der Waals surface area (Å²) in [5.41, 5.74) is 4.71. The number of hydrogen-bond donors (Lipinski definition) is 3. The Morgan fingerprint density at radius 3 is 2.45 bits per heavy atom. The largest absolute Gasteiger partial charge is 0.417 e. The molecule has 1 unspecified atom stereocenters. The number of halogens is 4. The number of aromatic amines is 1. The van der Waals surface area contributed by atoms with E-state index in [4.69, 9.17) is 17.3 Å². The molecule has 1 saturated carbocycles. The second-order valence-electron chi connectivity index (χ2n) is 6.57. The SMILES string of the molecule is Nc1nc(Nc2cc(Cl)c(-c3ccc(S(=O)C4CC4)cc3)c(C(F)(F)F)c2)n[nH]1. The minimum atomic E-state index is -4.65. The quantitative estimate of drug-likeness (QED) is 0.531. The zero-order valence-corrected chi connectivity index (χ0v) is 16.3. The second-order valence-corrected chi connectivity index (χ2v) is 8.71. The molecule has 0 spiro atoms. The van der Waals surface area contributed by atoms with Crippen LogP contribution in [0.25, 0.3) is 11.1 Å². The monoisotopic (exact) mass is 441 g/mol. The first-order valence-corrected chi connectivity index (χ1v) is 10.2. The normalized spacial score (nSPS) is 15.3. The van der Waals surface area contributed by atoms with E-state index in [1.54, 1.807) is 12.1 Å². The lowest BCUT2D eigenvalue weighted by atomic mass is 9.98. The average molecular weight is 442 g/mol. The van der Waals surface area contributed by atoms with Gasteiger partial charge in [-0.25, -0.2) is 5.10 Å². The number of benzene rings is 2. The predicted molar refractivity (Wildman–Crippen MR) is 105 cm³/mol. The van der Waals surface area contributed by atoms with E-state index >= 15 is 0 Å². The smallest absolute Gasteiger partial charge is 0.368 e. The highest BCUT2D eigenvalue weighted by Gasteiger charge is 2.36. The van der Waals surface area contributed by atoms with Crippen molar-refractivity contribution in [2.24, 2.45) is 0 Å². The van der Waals surface area contributed by atoms with Crippen molar-refractivity contribution in [1.82, 2.24) is 15.2 Å². The van der Waals surface area contributed by atoms with Gasteiger partial charge in [0.15, 0.2) is 0 Å².